The van der Waals surface area contributed by atoms with Crippen molar-refractivity contribution in [3.05, 3.63) is 41.3 Å². The second-order valence-corrected chi connectivity index (χ2v) is 3.15. The zero-order chi connectivity index (χ0) is 10.1. The average molecular weight is 212 g/mol. The number of aromatic nitrogens is 2. The van der Waals surface area contributed by atoms with E-state index in [1.54, 1.807) is 12.1 Å². The molecule has 0 aliphatic rings. The van der Waals surface area contributed by atoms with E-state index >= 15 is 0 Å². The molecule has 5 heteroatoms. The van der Waals surface area contributed by atoms with Crippen LogP contribution in [0.2, 0.25) is 5.02 Å². The Kier molecular flexibility index (Phi) is 2.13. The van der Waals surface area contributed by atoms with Crippen LogP contribution in [0.25, 0.3) is 5.69 Å². The van der Waals surface area contributed by atoms with Crippen molar-refractivity contribution in [2.45, 2.75) is 0 Å². The molecule has 3 nitrogen and oxygen atoms in total. The molecule has 2 aromatic rings. The summed E-state index contributed by atoms with van der Waals surface area (Å²) in [6.45, 7) is 0. The first-order valence-electron chi connectivity index (χ1n) is 3.94. The third-order valence-electron chi connectivity index (χ3n) is 1.82. The highest BCUT2D eigenvalue weighted by atomic mass is 35.5. The molecule has 14 heavy (non-hydrogen) atoms. The van der Waals surface area contributed by atoms with Crippen molar-refractivity contribution in [3.8, 4) is 5.69 Å². The first kappa shape index (κ1) is 9.02. The van der Waals surface area contributed by atoms with Gasteiger partial charge < -0.3 is 5.73 Å². The van der Waals surface area contributed by atoms with Crippen molar-refractivity contribution >= 4 is 17.4 Å². The van der Waals surface area contributed by atoms with Crippen LogP contribution < -0.4 is 5.73 Å². The number of rotatable bonds is 1. The number of nitrogens with zero attached hydrogens (tertiary/aromatic N) is 2. The van der Waals surface area contributed by atoms with E-state index in [1.807, 2.05) is 0 Å². The number of anilines is 1. The predicted molar refractivity (Wildman–Crippen MR) is 52.9 cm³/mol. The minimum Gasteiger partial charge on any atom is -0.384 e. The van der Waals surface area contributed by atoms with Crippen LogP contribution >= 0.6 is 11.6 Å². The molecule has 0 radical (unpaired) electrons. The van der Waals surface area contributed by atoms with Gasteiger partial charge in [-0.05, 0) is 12.1 Å². The topological polar surface area (TPSA) is 43.8 Å². The maximum absolute atomic E-state index is 13.4. The fraction of sp³-hybridized carbons (Fsp3) is 0. The summed E-state index contributed by atoms with van der Waals surface area (Å²) in [6, 6.07) is 5.99. The Labute approximate surface area is 84.9 Å². The minimum absolute atomic E-state index is 0.177. The maximum atomic E-state index is 13.4. The van der Waals surface area contributed by atoms with Crippen molar-refractivity contribution in [3.63, 3.8) is 0 Å². The number of halogens is 2. The van der Waals surface area contributed by atoms with E-state index in [1.165, 1.54) is 23.0 Å². The summed E-state index contributed by atoms with van der Waals surface area (Å²) in [4.78, 5) is 0. The van der Waals surface area contributed by atoms with Gasteiger partial charge in [0.25, 0.3) is 0 Å². The molecule has 0 bridgehead atoms. The van der Waals surface area contributed by atoms with Crippen LogP contribution in [0.4, 0.5) is 10.2 Å². The second kappa shape index (κ2) is 3.31. The summed E-state index contributed by atoms with van der Waals surface area (Å²) in [6.07, 6.45) is 1.48. The molecule has 0 saturated carbocycles. The summed E-state index contributed by atoms with van der Waals surface area (Å²) >= 11 is 5.84. The van der Waals surface area contributed by atoms with Gasteiger partial charge in [0.05, 0.1) is 11.2 Å². The molecule has 0 spiro atoms. The van der Waals surface area contributed by atoms with Gasteiger partial charge in [-0.15, -0.1) is 0 Å². The highest BCUT2D eigenvalue weighted by Crippen LogP contribution is 2.24. The van der Waals surface area contributed by atoms with Crippen LogP contribution in [-0.2, 0) is 0 Å². The second-order valence-electron chi connectivity index (χ2n) is 2.74. The fourth-order valence-electron chi connectivity index (χ4n) is 1.19. The Morgan fingerprint density at radius 2 is 2.14 bits per heavy atom. The normalized spacial score (nSPS) is 10.4. The summed E-state index contributed by atoms with van der Waals surface area (Å²) in [5.74, 6) is -0.107. The molecule has 72 valence electrons. The molecule has 1 aromatic carbocycles. The first-order valence-corrected chi connectivity index (χ1v) is 4.32. The third-order valence-corrected chi connectivity index (χ3v) is 2.13. The summed E-state index contributed by atoms with van der Waals surface area (Å²) in [5.41, 5.74) is 5.76. The van der Waals surface area contributed by atoms with Gasteiger partial charge in [-0.25, -0.2) is 9.07 Å². The molecule has 0 amide bonds. The van der Waals surface area contributed by atoms with E-state index in [2.05, 4.69) is 5.10 Å². The van der Waals surface area contributed by atoms with Crippen LogP contribution in [0.1, 0.15) is 0 Å². The van der Waals surface area contributed by atoms with Crippen LogP contribution in [0.5, 0.6) is 0 Å². The molecule has 0 aliphatic heterocycles. The summed E-state index contributed by atoms with van der Waals surface area (Å²) in [5, 5.41) is 4.15. The zero-order valence-electron chi connectivity index (χ0n) is 7.11. The van der Waals surface area contributed by atoms with Gasteiger partial charge in [-0.2, -0.15) is 5.10 Å². The number of benzene rings is 1. The molecule has 2 rings (SSSR count). The number of hydrogen-bond acceptors (Lipinski definition) is 2. The van der Waals surface area contributed by atoms with E-state index in [0.29, 0.717) is 5.82 Å². The molecule has 0 aliphatic carbocycles. The van der Waals surface area contributed by atoms with E-state index < -0.39 is 5.82 Å². The summed E-state index contributed by atoms with van der Waals surface area (Å²) < 4.78 is 14.7. The quantitative estimate of drug-likeness (QED) is 0.786. The Morgan fingerprint density at radius 1 is 1.36 bits per heavy atom. The highest BCUT2D eigenvalue weighted by molar-refractivity contribution is 6.32. The van der Waals surface area contributed by atoms with Crippen molar-refractivity contribution in [2.75, 3.05) is 5.73 Å². The third kappa shape index (κ3) is 1.33. The molecule has 1 aromatic heterocycles. The molecule has 0 atom stereocenters. The molecular weight excluding hydrogens is 205 g/mol. The van der Waals surface area contributed by atoms with Crippen molar-refractivity contribution in [2.24, 2.45) is 0 Å². The molecule has 2 N–H and O–H groups in total. The lowest BCUT2D eigenvalue weighted by Crippen LogP contribution is -2.04. The average Bonchev–Trinajstić information content (AvgIpc) is 2.52. The first-order chi connectivity index (χ1) is 6.70. The van der Waals surface area contributed by atoms with Gasteiger partial charge in [0, 0.05) is 6.07 Å². The zero-order valence-corrected chi connectivity index (χ0v) is 7.87. The number of nitrogens with two attached hydrogens (primary N) is 1. The lowest BCUT2D eigenvalue weighted by molar-refractivity contribution is 0.612. The fourth-order valence-corrected chi connectivity index (χ4v) is 1.43. The highest BCUT2D eigenvalue weighted by Gasteiger charge is 2.11. The number of nitrogen functional groups attached to an aromatic ring is 1. The van der Waals surface area contributed by atoms with Crippen molar-refractivity contribution < 1.29 is 4.39 Å². The van der Waals surface area contributed by atoms with E-state index in [-0.39, 0.29) is 10.7 Å². The Balaban J connectivity index is 2.68. The SMILES string of the molecule is Nc1ccnn1-c1c(F)cccc1Cl. The monoisotopic (exact) mass is 211 g/mol. The summed E-state index contributed by atoms with van der Waals surface area (Å²) in [7, 11) is 0. The Hall–Kier alpha value is -1.55. The molecule has 1 heterocycles. The van der Waals surface area contributed by atoms with Gasteiger partial charge in [0.2, 0.25) is 0 Å². The van der Waals surface area contributed by atoms with Gasteiger partial charge in [-0.3, -0.25) is 0 Å². The van der Waals surface area contributed by atoms with E-state index in [0.717, 1.165) is 0 Å². The van der Waals surface area contributed by atoms with Crippen molar-refractivity contribution in [1.29, 1.82) is 0 Å². The number of hydrogen-bond donors (Lipinski definition) is 1. The van der Waals surface area contributed by atoms with Crippen LogP contribution in [0, 0.1) is 5.82 Å². The van der Waals surface area contributed by atoms with E-state index in [4.69, 9.17) is 17.3 Å². The molecular formula is C9H7ClFN3. The van der Waals surface area contributed by atoms with Gasteiger partial charge >= 0.3 is 0 Å². The van der Waals surface area contributed by atoms with Gasteiger partial charge in [0.1, 0.15) is 17.3 Å². The minimum atomic E-state index is -0.451. The lowest BCUT2D eigenvalue weighted by atomic mass is 10.3. The van der Waals surface area contributed by atoms with Crippen LogP contribution in [-0.4, -0.2) is 9.78 Å². The van der Waals surface area contributed by atoms with Gasteiger partial charge in [-0.1, -0.05) is 17.7 Å². The van der Waals surface area contributed by atoms with Gasteiger partial charge in [0.15, 0.2) is 0 Å². The Morgan fingerprint density at radius 3 is 2.71 bits per heavy atom. The largest absolute Gasteiger partial charge is 0.384 e. The standard InChI is InChI=1S/C9H7ClFN3/c10-6-2-1-3-7(11)9(6)14-8(12)4-5-13-14/h1-5H,12H2. The maximum Gasteiger partial charge on any atom is 0.150 e. The lowest BCUT2D eigenvalue weighted by Gasteiger charge is -2.06. The Bertz CT molecular complexity index is 447. The molecule has 0 unspecified atom stereocenters. The predicted octanol–water partition coefficient (Wildman–Crippen LogP) is 2.25. The molecule has 0 saturated heterocycles. The van der Waals surface area contributed by atoms with Crippen LogP contribution in [0.3, 0.4) is 0 Å². The van der Waals surface area contributed by atoms with E-state index in [9.17, 15) is 4.39 Å². The smallest absolute Gasteiger partial charge is 0.150 e. The van der Waals surface area contributed by atoms with Crippen LogP contribution in [0.15, 0.2) is 30.5 Å². The number of para-hydroxylation sites is 1. The van der Waals surface area contributed by atoms with Crippen molar-refractivity contribution in [1.82, 2.24) is 9.78 Å². The molecule has 0 fully saturated rings.